The molecule has 0 aliphatic rings. The van der Waals surface area contributed by atoms with Crippen molar-refractivity contribution in [2.45, 2.75) is 11.8 Å². The van der Waals surface area contributed by atoms with Crippen molar-refractivity contribution in [2.24, 2.45) is 0 Å². The third-order valence-corrected chi connectivity index (χ3v) is 3.98. The number of hydrogen-bond donors (Lipinski definition) is 1. The van der Waals surface area contributed by atoms with Crippen LogP contribution in [-0.4, -0.2) is 13.4 Å². The molecule has 1 heterocycles. The third-order valence-electron chi connectivity index (χ3n) is 2.62. The number of nitrogens with zero attached hydrogens (tertiary/aromatic N) is 2. The summed E-state index contributed by atoms with van der Waals surface area (Å²) < 4.78 is 39.9. The summed E-state index contributed by atoms with van der Waals surface area (Å²) >= 11 is 0. The Balaban J connectivity index is 2.42. The monoisotopic (exact) mass is 291 g/mol. The van der Waals surface area contributed by atoms with E-state index in [0.29, 0.717) is 11.4 Å². The number of pyridine rings is 1. The SMILES string of the molecule is Cc1ncccc1NS(=O)(=O)c1ccc(F)c(C#N)c1. The van der Waals surface area contributed by atoms with Crippen molar-refractivity contribution < 1.29 is 12.8 Å². The molecule has 5 nitrogen and oxygen atoms in total. The summed E-state index contributed by atoms with van der Waals surface area (Å²) in [6, 6.07) is 7.80. The Morgan fingerprint density at radius 2 is 2.10 bits per heavy atom. The molecule has 0 spiro atoms. The van der Waals surface area contributed by atoms with Gasteiger partial charge in [-0.05, 0) is 37.3 Å². The van der Waals surface area contributed by atoms with Gasteiger partial charge in [0.2, 0.25) is 0 Å². The lowest BCUT2D eigenvalue weighted by atomic mass is 10.2. The van der Waals surface area contributed by atoms with Crippen LogP contribution in [0.4, 0.5) is 10.1 Å². The van der Waals surface area contributed by atoms with Gasteiger partial charge in [0.25, 0.3) is 10.0 Å². The predicted molar refractivity (Wildman–Crippen MR) is 70.9 cm³/mol. The van der Waals surface area contributed by atoms with Crippen molar-refractivity contribution in [1.29, 1.82) is 5.26 Å². The van der Waals surface area contributed by atoms with Gasteiger partial charge in [0.1, 0.15) is 11.9 Å². The molecular weight excluding hydrogens is 281 g/mol. The number of aromatic nitrogens is 1. The molecule has 0 fully saturated rings. The number of sulfonamides is 1. The molecule has 0 amide bonds. The zero-order chi connectivity index (χ0) is 14.8. The average molecular weight is 291 g/mol. The summed E-state index contributed by atoms with van der Waals surface area (Å²) in [4.78, 5) is 3.78. The Kier molecular flexibility index (Phi) is 3.68. The number of halogens is 1. The van der Waals surface area contributed by atoms with Crippen LogP contribution in [0.25, 0.3) is 0 Å². The highest BCUT2D eigenvalue weighted by molar-refractivity contribution is 7.92. The van der Waals surface area contributed by atoms with Crippen molar-refractivity contribution >= 4 is 15.7 Å². The van der Waals surface area contributed by atoms with E-state index >= 15 is 0 Å². The number of hydrogen-bond acceptors (Lipinski definition) is 4. The van der Waals surface area contributed by atoms with E-state index in [0.717, 1.165) is 18.2 Å². The Hall–Kier alpha value is -2.46. The number of aryl methyl sites for hydroxylation is 1. The molecule has 20 heavy (non-hydrogen) atoms. The number of nitrogens with one attached hydrogen (secondary N) is 1. The van der Waals surface area contributed by atoms with Gasteiger partial charge in [0.05, 0.1) is 21.8 Å². The quantitative estimate of drug-likeness (QED) is 0.939. The van der Waals surface area contributed by atoms with Gasteiger partial charge < -0.3 is 0 Å². The van der Waals surface area contributed by atoms with Crippen LogP contribution < -0.4 is 4.72 Å². The van der Waals surface area contributed by atoms with Crippen LogP contribution in [0.1, 0.15) is 11.3 Å². The van der Waals surface area contributed by atoms with Gasteiger partial charge in [-0.3, -0.25) is 9.71 Å². The van der Waals surface area contributed by atoms with Gasteiger partial charge in [-0.1, -0.05) is 0 Å². The van der Waals surface area contributed by atoms with Crippen molar-refractivity contribution in [3.8, 4) is 6.07 Å². The zero-order valence-corrected chi connectivity index (χ0v) is 11.3. The molecule has 0 saturated carbocycles. The van der Waals surface area contributed by atoms with Gasteiger partial charge in [-0.25, -0.2) is 12.8 Å². The van der Waals surface area contributed by atoms with Crippen molar-refractivity contribution in [3.63, 3.8) is 0 Å². The van der Waals surface area contributed by atoms with Crippen molar-refractivity contribution in [3.05, 3.63) is 53.6 Å². The highest BCUT2D eigenvalue weighted by atomic mass is 32.2. The maximum Gasteiger partial charge on any atom is 0.261 e. The van der Waals surface area contributed by atoms with E-state index in [1.165, 1.54) is 0 Å². The fourth-order valence-electron chi connectivity index (χ4n) is 1.55. The first kappa shape index (κ1) is 14.0. The third kappa shape index (κ3) is 2.75. The first-order valence-corrected chi connectivity index (χ1v) is 7.06. The number of rotatable bonds is 3. The van der Waals surface area contributed by atoms with E-state index in [1.54, 1.807) is 31.3 Å². The van der Waals surface area contributed by atoms with Crippen molar-refractivity contribution in [1.82, 2.24) is 4.98 Å². The summed E-state index contributed by atoms with van der Waals surface area (Å²) in [7, 11) is -3.89. The first-order chi connectivity index (χ1) is 9.44. The molecule has 102 valence electrons. The Morgan fingerprint density at radius 1 is 1.35 bits per heavy atom. The molecule has 1 aromatic heterocycles. The largest absolute Gasteiger partial charge is 0.278 e. The van der Waals surface area contributed by atoms with E-state index in [2.05, 4.69) is 9.71 Å². The van der Waals surface area contributed by atoms with Gasteiger partial charge >= 0.3 is 0 Å². The first-order valence-electron chi connectivity index (χ1n) is 5.58. The van der Waals surface area contributed by atoms with Gasteiger partial charge in [0, 0.05) is 6.20 Å². The van der Waals surface area contributed by atoms with Crippen LogP contribution in [0.15, 0.2) is 41.4 Å². The summed E-state index contributed by atoms with van der Waals surface area (Å²) in [6.45, 7) is 1.66. The Bertz CT molecular complexity index is 798. The van der Waals surface area contributed by atoms with Crippen LogP contribution >= 0.6 is 0 Å². The van der Waals surface area contributed by atoms with Crippen LogP contribution in [0.3, 0.4) is 0 Å². The molecule has 0 aliphatic carbocycles. The number of anilines is 1. The molecule has 2 aromatic rings. The molecular formula is C13H10FN3O2S. The summed E-state index contributed by atoms with van der Waals surface area (Å²) in [6.07, 6.45) is 1.54. The number of benzene rings is 1. The zero-order valence-electron chi connectivity index (χ0n) is 10.5. The van der Waals surface area contributed by atoms with Crippen LogP contribution in [0.2, 0.25) is 0 Å². The molecule has 0 bridgehead atoms. The lowest BCUT2D eigenvalue weighted by molar-refractivity contribution is 0.599. The predicted octanol–water partition coefficient (Wildman–Crippen LogP) is 2.20. The van der Waals surface area contributed by atoms with Crippen LogP contribution in [0, 0.1) is 24.1 Å². The molecule has 1 N–H and O–H groups in total. The molecule has 1 aromatic carbocycles. The van der Waals surface area contributed by atoms with Crippen molar-refractivity contribution in [2.75, 3.05) is 4.72 Å². The summed E-state index contributed by atoms with van der Waals surface area (Å²) in [5.41, 5.74) is 0.518. The number of nitriles is 1. The summed E-state index contributed by atoms with van der Waals surface area (Å²) in [5.74, 6) is -0.760. The normalized spacial score (nSPS) is 10.8. The second-order valence-corrected chi connectivity index (χ2v) is 5.68. The van der Waals surface area contributed by atoms with E-state index in [1.807, 2.05) is 0 Å². The Labute approximate surface area is 115 Å². The fraction of sp³-hybridized carbons (Fsp3) is 0.0769. The molecule has 7 heteroatoms. The van der Waals surface area contributed by atoms with Gasteiger partial charge in [-0.15, -0.1) is 0 Å². The highest BCUT2D eigenvalue weighted by Gasteiger charge is 2.17. The van der Waals surface area contributed by atoms with Gasteiger partial charge in [0.15, 0.2) is 0 Å². The molecule has 2 rings (SSSR count). The minimum Gasteiger partial charge on any atom is -0.278 e. The lowest BCUT2D eigenvalue weighted by Gasteiger charge is -2.10. The Morgan fingerprint density at radius 3 is 2.75 bits per heavy atom. The summed E-state index contributed by atoms with van der Waals surface area (Å²) in [5, 5.41) is 8.73. The highest BCUT2D eigenvalue weighted by Crippen LogP contribution is 2.19. The maximum absolute atomic E-state index is 13.2. The smallest absolute Gasteiger partial charge is 0.261 e. The second-order valence-electron chi connectivity index (χ2n) is 4.00. The average Bonchev–Trinajstić information content (AvgIpc) is 2.41. The van der Waals surface area contributed by atoms with E-state index < -0.39 is 15.8 Å². The molecule has 0 atom stereocenters. The van der Waals surface area contributed by atoms with E-state index in [-0.39, 0.29) is 10.5 Å². The maximum atomic E-state index is 13.2. The molecule has 0 saturated heterocycles. The molecule has 0 aliphatic heterocycles. The van der Waals surface area contributed by atoms with E-state index in [4.69, 9.17) is 5.26 Å². The van der Waals surface area contributed by atoms with Gasteiger partial charge in [-0.2, -0.15) is 5.26 Å². The van der Waals surface area contributed by atoms with E-state index in [9.17, 15) is 12.8 Å². The molecule has 0 unspecified atom stereocenters. The second kappa shape index (κ2) is 5.27. The standard InChI is InChI=1S/C13H10FN3O2S/c1-9-13(3-2-6-16-9)17-20(18,19)11-4-5-12(14)10(7-11)8-15/h2-7,17H,1H3. The topological polar surface area (TPSA) is 82.8 Å². The fourth-order valence-corrected chi connectivity index (χ4v) is 2.70. The van der Waals surface area contributed by atoms with Crippen LogP contribution in [-0.2, 0) is 10.0 Å². The molecule has 0 radical (unpaired) electrons. The lowest BCUT2D eigenvalue weighted by Crippen LogP contribution is -2.14. The minimum absolute atomic E-state index is 0.182. The van der Waals surface area contributed by atoms with Crippen LogP contribution in [0.5, 0.6) is 0 Å². The minimum atomic E-state index is -3.89.